The fourth-order valence-corrected chi connectivity index (χ4v) is 1.57. The van der Waals surface area contributed by atoms with Crippen molar-refractivity contribution in [3.8, 4) is 5.69 Å². The number of hydrogen-bond donors (Lipinski definition) is 0. The topological polar surface area (TPSA) is 43.6 Å². The fourth-order valence-electron chi connectivity index (χ4n) is 1.13. The molecule has 0 atom stereocenters. The Kier molecular flexibility index (Phi) is 2.70. The normalized spacial score (nSPS) is 10.7. The van der Waals surface area contributed by atoms with Crippen molar-refractivity contribution in [2.75, 3.05) is 0 Å². The largest absolute Gasteiger partial charge is 0.206 e. The Morgan fingerprint density at radius 2 is 2.20 bits per heavy atom. The summed E-state index contributed by atoms with van der Waals surface area (Å²) in [6.07, 6.45) is 0. The number of benzene rings is 1. The van der Waals surface area contributed by atoms with Gasteiger partial charge in [-0.3, -0.25) is 0 Å². The molecule has 1 aromatic carbocycles. The zero-order valence-electron chi connectivity index (χ0n) is 7.58. The van der Waals surface area contributed by atoms with Crippen LogP contribution in [0.25, 0.3) is 5.69 Å². The monoisotopic (exact) mass is 290 g/mol. The van der Waals surface area contributed by atoms with Crippen molar-refractivity contribution < 1.29 is 4.39 Å². The van der Waals surface area contributed by atoms with Crippen LogP contribution in [0, 0.1) is 12.7 Å². The van der Waals surface area contributed by atoms with Crippen molar-refractivity contribution >= 4 is 27.5 Å². The minimum absolute atomic E-state index is 0.235. The van der Waals surface area contributed by atoms with Crippen LogP contribution in [0.4, 0.5) is 4.39 Å². The summed E-state index contributed by atoms with van der Waals surface area (Å²) in [4.78, 5) is 0. The first-order chi connectivity index (χ1) is 7.09. The summed E-state index contributed by atoms with van der Waals surface area (Å²) in [7, 11) is 0. The zero-order valence-corrected chi connectivity index (χ0v) is 9.92. The summed E-state index contributed by atoms with van der Waals surface area (Å²) >= 11 is 8.85. The highest BCUT2D eigenvalue weighted by Gasteiger charge is 2.10. The van der Waals surface area contributed by atoms with Crippen LogP contribution < -0.4 is 0 Å². The fraction of sp³-hybridized carbons (Fsp3) is 0.125. The van der Waals surface area contributed by atoms with Gasteiger partial charge in [0.2, 0.25) is 0 Å². The van der Waals surface area contributed by atoms with Crippen molar-refractivity contribution in [1.82, 2.24) is 20.2 Å². The van der Waals surface area contributed by atoms with Crippen LogP contribution in [-0.4, -0.2) is 20.2 Å². The van der Waals surface area contributed by atoms with Crippen molar-refractivity contribution in [3.05, 3.63) is 33.3 Å². The first-order valence-electron chi connectivity index (χ1n) is 3.99. The average molecular weight is 292 g/mol. The van der Waals surface area contributed by atoms with Gasteiger partial charge in [-0.05, 0) is 39.3 Å². The van der Waals surface area contributed by atoms with Gasteiger partial charge in [-0.15, -0.1) is 5.10 Å². The molecule has 0 aliphatic carbocycles. The second-order valence-corrected chi connectivity index (χ2v) is 4.06. The van der Waals surface area contributed by atoms with Gasteiger partial charge in [0.25, 0.3) is 0 Å². The maximum absolute atomic E-state index is 13.4. The standard InChI is InChI=1S/C8H5BrClFN4/c1-4-12-13-14-15(4)5-2-6(10)8(9)7(11)3-5/h2-3H,1H3. The molecular weight excluding hydrogens is 286 g/mol. The van der Waals surface area contributed by atoms with Gasteiger partial charge in [0, 0.05) is 6.07 Å². The van der Waals surface area contributed by atoms with Gasteiger partial charge in [-0.25, -0.2) is 4.39 Å². The van der Waals surface area contributed by atoms with Gasteiger partial charge in [-0.1, -0.05) is 11.6 Å². The Hall–Kier alpha value is -1.01. The lowest BCUT2D eigenvalue weighted by Gasteiger charge is -2.04. The summed E-state index contributed by atoms with van der Waals surface area (Å²) in [5, 5.41) is 11.2. The second kappa shape index (κ2) is 3.86. The van der Waals surface area contributed by atoms with E-state index in [1.54, 1.807) is 13.0 Å². The molecule has 7 heteroatoms. The van der Waals surface area contributed by atoms with E-state index in [1.165, 1.54) is 10.7 Å². The van der Waals surface area contributed by atoms with Gasteiger partial charge >= 0.3 is 0 Å². The highest BCUT2D eigenvalue weighted by molar-refractivity contribution is 9.10. The number of aromatic nitrogens is 4. The molecule has 0 radical (unpaired) electrons. The molecule has 78 valence electrons. The highest BCUT2D eigenvalue weighted by Crippen LogP contribution is 2.28. The SMILES string of the molecule is Cc1nnnn1-c1cc(F)c(Br)c(Cl)c1. The molecule has 0 unspecified atom stereocenters. The van der Waals surface area contributed by atoms with Gasteiger partial charge in [0.05, 0.1) is 15.2 Å². The molecule has 2 aromatic rings. The van der Waals surface area contributed by atoms with E-state index in [2.05, 4.69) is 31.5 Å². The summed E-state index contributed by atoms with van der Waals surface area (Å²) in [6, 6.07) is 2.89. The molecule has 0 fully saturated rings. The first-order valence-corrected chi connectivity index (χ1v) is 5.16. The predicted octanol–water partition coefficient (Wildman–Crippen LogP) is 2.53. The molecule has 1 aromatic heterocycles. The maximum atomic E-state index is 13.4. The Balaban J connectivity index is 2.60. The first kappa shape index (κ1) is 10.5. The van der Waals surface area contributed by atoms with Gasteiger partial charge in [0.15, 0.2) is 5.82 Å². The third-order valence-corrected chi connectivity index (χ3v) is 3.17. The van der Waals surface area contributed by atoms with Crippen LogP contribution >= 0.6 is 27.5 Å². The molecule has 4 nitrogen and oxygen atoms in total. The van der Waals surface area contributed by atoms with Gasteiger partial charge in [0.1, 0.15) is 5.82 Å². The molecule has 2 rings (SSSR count). The van der Waals surface area contributed by atoms with Crippen molar-refractivity contribution in [2.24, 2.45) is 0 Å². The van der Waals surface area contributed by atoms with Crippen molar-refractivity contribution in [3.63, 3.8) is 0 Å². The number of halogens is 3. The summed E-state index contributed by atoms with van der Waals surface area (Å²) in [5.74, 6) is 0.111. The van der Waals surface area contributed by atoms with E-state index in [0.29, 0.717) is 11.5 Å². The van der Waals surface area contributed by atoms with Crippen LogP contribution in [0.2, 0.25) is 5.02 Å². The minimum Gasteiger partial charge on any atom is -0.206 e. The second-order valence-electron chi connectivity index (χ2n) is 2.86. The third kappa shape index (κ3) is 1.87. The van der Waals surface area contributed by atoms with E-state index in [9.17, 15) is 4.39 Å². The van der Waals surface area contributed by atoms with Crippen LogP contribution in [0.5, 0.6) is 0 Å². The van der Waals surface area contributed by atoms with Crippen molar-refractivity contribution in [1.29, 1.82) is 0 Å². The van der Waals surface area contributed by atoms with E-state index >= 15 is 0 Å². The number of aryl methyl sites for hydroxylation is 1. The van der Waals surface area contributed by atoms with E-state index in [-0.39, 0.29) is 9.50 Å². The number of tetrazole rings is 1. The predicted molar refractivity (Wildman–Crippen MR) is 56.6 cm³/mol. The summed E-state index contributed by atoms with van der Waals surface area (Å²) in [6.45, 7) is 1.72. The molecular formula is C8H5BrClFN4. The van der Waals surface area contributed by atoms with Crippen LogP contribution in [0.3, 0.4) is 0 Å². The number of rotatable bonds is 1. The molecule has 0 bridgehead atoms. The van der Waals surface area contributed by atoms with Crippen LogP contribution in [-0.2, 0) is 0 Å². The minimum atomic E-state index is -0.451. The molecule has 15 heavy (non-hydrogen) atoms. The summed E-state index contributed by atoms with van der Waals surface area (Å²) < 4.78 is 15.0. The molecule has 0 saturated carbocycles. The lowest BCUT2D eigenvalue weighted by molar-refractivity contribution is 0.618. The molecule has 1 heterocycles. The lowest BCUT2D eigenvalue weighted by Crippen LogP contribution is -2.00. The lowest BCUT2D eigenvalue weighted by atomic mass is 10.3. The van der Waals surface area contributed by atoms with Crippen LogP contribution in [0.15, 0.2) is 16.6 Å². The number of nitrogens with zero attached hydrogens (tertiary/aromatic N) is 4. The Morgan fingerprint density at radius 3 is 2.73 bits per heavy atom. The molecule has 0 saturated heterocycles. The molecule has 0 aliphatic rings. The third-order valence-electron chi connectivity index (χ3n) is 1.84. The Bertz CT molecular complexity index is 490. The molecule has 0 aliphatic heterocycles. The average Bonchev–Trinajstić information content (AvgIpc) is 2.60. The quantitative estimate of drug-likeness (QED) is 0.758. The smallest absolute Gasteiger partial charge is 0.153 e. The van der Waals surface area contributed by atoms with Gasteiger partial charge in [-0.2, -0.15) is 4.68 Å². The van der Waals surface area contributed by atoms with Crippen LogP contribution in [0.1, 0.15) is 5.82 Å². The van der Waals surface area contributed by atoms with Gasteiger partial charge < -0.3 is 0 Å². The van der Waals surface area contributed by atoms with E-state index in [0.717, 1.165) is 0 Å². The van der Waals surface area contributed by atoms with E-state index < -0.39 is 5.82 Å². The van der Waals surface area contributed by atoms with E-state index in [1.807, 2.05) is 0 Å². The van der Waals surface area contributed by atoms with E-state index in [4.69, 9.17) is 11.6 Å². The molecule has 0 N–H and O–H groups in total. The molecule has 0 spiro atoms. The Morgan fingerprint density at radius 1 is 1.47 bits per heavy atom. The van der Waals surface area contributed by atoms with Crippen molar-refractivity contribution in [2.45, 2.75) is 6.92 Å². The maximum Gasteiger partial charge on any atom is 0.153 e. The Labute approximate surface area is 98.2 Å². The highest BCUT2D eigenvalue weighted by atomic mass is 79.9. The number of hydrogen-bond acceptors (Lipinski definition) is 3. The summed E-state index contributed by atoms with van der Waals surface area (Å²) in [5.41, 5.74) is 0.489. The zero-order chi connectivity index (χ0) is 11.0. The molecule has 0 amide bonds.